The monoisotopic (exact) mass is 454 g/mol. The Bertz CT molecular complexity index is 971. The van der Waals surface area contributed by atoms with E-state index in [0.29, 0.717) is 16.1 Å². The van der Waals surface area contributed by atoms with Crippen molar-refractivity contribution in [1.29, 1.82) is 0 Å². The number of thioether (sulfide) groups is 1. The fourth-order valence-electron chi connectivity index (χ4n) is 2.99. The average molecular weight is 454 g/mol. The molecule has 2 aliphatic heterocycles. The number of anilines is 1. The molecule has 0 radical (unpaired) electrons. The van der Waals surface area contributed by atoms with Crippen LogP contribution in [0.25, 0.3) is 0 Å². The van der Waals surface area contributed by atoms with Crippen LogP contribution in [0.4, 0.5) is 5.00 Å². The Morgan fingerprint density at radius 3 is 2.73 bits per heavy atom. The van der Waals surface area contributed by atoms with Crippen LogP contribution in [0.1, 0.15) is 12.5 Å². The van der Waals surface area contributed by atoms with Gasteiger partial charge in [-0.05, 0) is 6.07 Å². The molecule has 2 amide bonds. The molecule has 0 unspecified atom stereocenters. The summed E-state index contributed by atoms with van der Waals surface area (Å²) in [5, 5.41) is 17.4. The van der Waals surface area contributed by atoms with E-state index in [1.807, 2.05) is 0 Å². The number of oxime groups is 1. The molecule has 1 fully saturated rings. The Kier molecular flexibility index (Phi) is 6.31. The van der Waals surface area contributed by atoms with E-state index in [1.54, 1.807) is 11.4 Å². The predicted molar refractivity (Wildman–Crippen MR) is 109 cm³/mol. The van der Waals surface area contributed by atoms with Crippen molar-refractivity contribution in [2.45, 2.75) is 18.3 Å². The Morgan fingerprint density at radius 2 is 2.17 bits per heavy atom. The summed E-state index contributed by atoms with van der Waals surface area (Å²) >= 11 is 2.48. The Balaban J connectivity index is 1.77. The molecule has 4 N–H and O–H groups in total. The number of aliphatic carboxylic acids is 1. The van der Waals surface area contributed by atoms with Crippen molar-refractivity contribution in [3.8, 4) is 0 Å². The zero-order chi connectivity index (χ0) is 22.0. The molecule has 0 bridgehead atoms. The largest absolute Gasteiger partial charge is 0.477 e. The number of nitrogens with two attached hydrogens (primary N) is 1. The van der Waals surface area contributed by atoms with Crippen LogP contribution in [0.3, 0.4) is 0 Å². The molecule has 0 aromatic carbocycles. The first kappa shape index (κ1) is 21.6. The van der Waals surface area contributed by atoms with Gasteiger partial charge in [-0.1, -0.05) is 5.16 Å². The van der Waals surface area contributed by atoms with Crippen LogP contribution >= 0.6 is 23.1 Å². The molecule has 30 heavy (non-hydrogen) atoms. The van der Waals surface area contributed by atoms with Gasteiger partial charge >= 0.3 is 11.9 Å². The van der Waals surface area contributed by atoms with Crippen molar-refractivity contribution in [3.63, 3.8) is 0 Å². The number of nitrogens with one attached hydrogen (secondary N) is 1. The Morgan fingerprint density at radius 1 is 1.43 bits per heavy atom. The lowest BCUT2D eigenvalue weighted by Crippen LogP contribution is -2.71. The minimum Gasteiger partial charge on any atom is -0.477 e. The van der Waals surface area contributed by atoms with Crippen molar-refractivity contribution < 1.29 is 33.9 Å². The van der Waals surface area contributed by atoms with Crippen molar-refractivity contribution >= 4 is 57.6 Å². The van der Waals surface area contributed by atoms with Gasteiger partial charge in [-0.3, -0.25) is 19.3 Å². The van der Waals surface area contributed by atoms with Crippen molar-refractivity contribution in [2.24, 2.45) is 5.16 Å². The highest BCUT2D eigenvalue weighted by Gasteiger charge is 2.54. The number of carboxylic acids is 1. The second kappa shape index (κ2) is 8.75. The topological polar surface area (TPSA) is 161 Å². The van der Waals surface area contributed by atoms with Crippen LogP contribution < -0.4 is 11.1 Å². The second-order valence-electron chi connectivity index (χ2n) is 6.26. The van der Waals surface area contributed by atoms with Crippen LogP contribution in [-0.2, 0) is 28.8 Å². The zero-order valence-electron chi connectivity index (χ0n) is 15.9. The van der Waals surface area contributed by atoms with Gasteiger partial charge in [0, 0.05) is 29.2 Å². The molecular formula is C17H18N4O7S2. The molecule has 2 aliphatic rings. The lowest BCUT2D eigenvalue weighted by Gasteiger charge is -2.49. The molecule has 2 atom stereocenters. The highest BCUT2D eigenvalue weighted by Crippen LogP contribution is 2.40. The minimum absolute atomic E-state index is 0.0537. The number of nitrogen functional groups attached to an aromatic ring is 1. The smallest absolute Gasteiger partial charge is 0.352 e. The van der Waals surface area contributed by atoms with Crippen LogP contribution in [0, 0.1) is 0 Å². The van der Waals surface area contributed by atoms with E-state index in [4.69, 9.17) is 15.3 Å². The zero-order valence-corrected chi connectivity index (χ0v) is 17.5. The summed E-state index contributed by atoms with van der Waals surface area (Å²) < 4.78 is 4.89. The maximum absolute atomic E-state index is 12.7. The van der Waals surface area contributed by atoms with Crippen LogP contribution in [-0.4, -0.2) is 70.4 Å². The third-order valence-corrected chi connectivity index (χ3v) is 6.38. The van der Waals surface area contributed by atoms with Crippen LogP contribution in [0.2, 0.25) is 0 Å². The second-order valence-corrected chi connectivity index (χ2v) is 8.31. The van der Waals surface area contributed by atoms with Gasteiger partial charge in [0.25, 0.3) is 11.8 Å². The van der Waals surface area contributed by atoms with E-state index in [0.717, 1.165) is 4.90 Å². The maximum Gasteiger partial charge on any atom is 0.352 e. The molecule has 11 nitrogen and oxygen atoms in total. The highest BCUT2D eigenvalue weighted by molar-refractivity contribution is 8.00. The van der Waals surface area contributed by atoms with Crippen LogP contribution in [0.5, 0.6) is 0 Å². The van der Waals surface area contributed by atoms with E-state index < -0.39 is 35.2 Å². The number of amides is 2. The standard InChI is InChI=1S/C17H18N4O7S2/c1-7(22)28-4-9-6-30-16-12(15(24)21(16)13(9)17(25)26)19-14(23)11(20-27-2)8-3-10(18)29-5-8/h3,5,12,16H,4,6,18H2,1-2H3,(H,19,23)(H,25,26)/b20-11-/t12-,16-/m1/s1. The van der Waals surface area contributed by atoms with Crippen LogP contribution in [0.15, 0.2) is 27.9 Å². The number of rotatable bonds is 7. The average Bonchev–Trinajstić information content (AvgIpc) is 3.13. The van der Waals surface area contributed by atoms with Gasteiger partial charge in [-0.2, -0.15) is 0 Å². The van der Waals surface area contributed by atoms with Gasteiger partial charge in [-0.15, -0.1) is 23.1 Å². The number of thiophene rings is 1. The number of hydrogen-bond acceptors (Lipinski definition) is 10. The molecule has 0 spiro atoms. The number of carboxylic acid groups (broad SMARTS) is 1. The fraction of sp³-hybridized carbons (Fsp3) is 0.353. The summed E-state index contributed by atoms with van der Waals surface area (Å²) in [4.78, 5) is 53.9. The molecule has 0 aliphatic carbocycles. The summed E-state index contributed by atoms with van der Waals surface area (Å²) in [5.41, 5.74) is 6.16. The molecule has 3 rings (SSSR count). The molecule has 3 heterocycles. The summed E-state index contributed by atoms with van der Waals surface area (Å²) in [6.07, 6.45) is 0. The van der Waals surface area contributed by atoms with E-state index in [9.17, 15) is 24.3 Å². The van der Waals surface area contributed by atoms with Gasteiger partial charge < -0.3 is 25.7 Å². The lowest BCUT2D eigenvalue weighted by molar-refractivity contribution is -0.150. The summed E-state index contributed by atoms with van der Waals surface area (Å²) in [7, 11) is 1.28. The molecule has 1 aromatic rings. The number of esters is 1. The Hall–Kier alpha value is -3.06. The summed E-state index contributed by atoms with van der Waals surface area (Å²) in [5.74, 6) is -2.87. The first-order chi connectivity index (χ1) is 14.2. The van der Waals surface area contributed by atoms with Gasteiger partial charge in [-0.25, -0.2) is 4.79 Å². The SMILES string of the molecule is CO/N=C(\C(=O)N[C@@H]1C(=O)N2C(C(=O)O)=C(COC(C)=O)CS[C@H]12)c1csc(N)c1. The first-order valence-electron chi connectivity index (χ1n) is 8.54. The summed E-state index contributed by atoms with van der Waals surface area (Å²) in [6, 6.07) is 0.615. The van der Waals surface area contributed by atoms with E-state index in [1.165, 1.54) is 37.1 Å². The first-order valence-corrected chi connectivity index (χ1v) is 10.5. The lowest BCUT2D eigenvalue weighted by atomic mass is 10.0. The number of carbonyl (C=O) groups excluding carboxylic acids is 3. The Labute approximate surface area is 178 Å². The van der Waals surface area contributed by atoms with Crippen molar-refractivity contribution in [1.82, 2.24) is 10.2 Å². The molecule has 160 valence electrons. The number of fused-ring (bicyclic) bond motifs is 1. The van der Waals surface area contributed by atoms with Crippen molar-refractivity contribution in [2.75, 3.05) is 25.2 Å². The molecule has 0 saturated carbocycles. The van der Waals surface area contributed by atoms with Gasteiger partial charge in [0.2, 0.25) is 0 Å². The number of hydrogen-bond donors (Lipinski definition) is 3. The molecule has 1 aromatic heterocycles. The maximum atomic E-state index is 12.7. The third-order valence-electron chi connectivity index (χ3n) is 4.28. The molecule has 13 heteroatoms. The quantitative estimate of drug-likeness (QED) is 0.223. The third kappa shape index (κ3) is 4.11. The number of ether oxygens (including phenoxy) is 1. The number of β-lactam (4-membered cyclic amide) rings is 1. The predicted octanol–water partition coefficient (Wildman–Crippen LogP) is -0.0175. The van der Waals surface area contributed by atoms with Crippen molar-refractivity contribution in [3.05, 3.63) is 28.3 Å². The van der Waals surface area contributed by atoms with Gasteiger partial charge in [0.1, 0.15) is 30.8 Å². The fourth-order valence-corrected chi connectivity index (χ4v) is 4.95. The number of carbonyl (C=O) groups is 4. The minimum atomic E-state index is -1.31. The number of nitrogens with zero attached hydrogens (tertiary/aromatic N) is 2. The molecular weight excluding hydrogens is 436 g/mol. The van der Waals surface area contributed by atoms with E-state index in [-0.39, 0.29) is 23.8 Å². The van der Waals surface area contributed by atoms with Gasteiger partial charge in [0.15, 0.2) is 5.71 Å². The van der Waals surface area contributed by atoms with E-state index >= 15 is 0 Å². The normalized spacial score (nSPS) is 20.9. The summed E-state index contributed by atoms with van der Waals surface area (Å²) in [6.45, 7) is 0.988. The van der Waals surface area contributed by atoms with Gasteiger partial charge in [0.05, 0.1) is 5.00 Å². The molecule has 1 saturated heterocycles. The van der Waals surface area contributed by atoms with E-state index in [2.05, 4.69) is 10.5 Å². The highest BCUT2D eigenvalue weighted by atomic mass is 32.2.